The van der Waals surface area contributed by atoms with Gasteiger partial charge in [-0.25, -0.2) is 17.5 Å². The average Bonchev–Trinajstić information content (AvgIpc) is 2.31. The highest BCUT2D eigenvalue weighted by Crippen LogP contribution is 2.21. The maximum atomic E-state index is 13.4. The van der Waals surface area contributed by atoms with Crippen molar-refractivity contribution in [3.63, 3.8) is 0 Å². The summed E-state index contributed by atoms with van der Waals surface area (Å²) in [6, 6.07) is 2.16. The Morgan fingerprint density at radius 2 is 2.05 bits per heavy atom. The van der Waals surface area contributed by atoms with Crippen molar-refractivity contribution in [1.82, 2.24) is 4.72 Å². The zero-order chi connectivity index (χ0) is 14.8. The molecule has 1 unspecified atom stereocenters. The molecule has 0 amide bonds. The second-order valence-electron chi connectivity index (χ2n) is 4.61. The summed E-state index contributed by atoms with van der Waals surface area (Å²) >= 11 is 0. The third-order valence-corrected chi connectivity index (χ3v) is 4.12. The van der Waals surface area contributed by atoms with E-state index >= 15 is 0 Å². The number of anilines is 1. The van der Waals surface area contributed by atoms with Crippen LogP contribution in [0.25, 0.3) is 0 Å². The van der Waals surface area contributed by atoms with Crippen molar-refractivity contribution in [2.45, 2.75) is 24.3 Å². The van der Waals surface area contributed by atoms with Crippen LogP contribution in [0.5, 0.6) is 0 Å². The molecule has 5 N–H and O–H groups in total. The Kier molecular flexibility index (Phi) is 4.51. The minimum atomic E-state index is -4.02. The van der Waals surface area contributed by atoms with Crippen molar-refractivity contribution < 1.29 is 23.0 Å². The molecule has 8 heteroatoms. The third kappa shape index (κ3) is 3.87. The van der Waals surface area contributed by atoms with Gasteiger partial charge in [0.25, 0.3) is 0 Å². The lowest BCUT2D eigenvalue weighted by molar-refractivity contribution is 0.00681. The monoisotopic (exact) mass is 292 g/mol. The summed E-state index contributed by atoms with van der Waals surface area (Å²) in [5.41, 5.74) is 3.73. The molecular weight excluding hydrogens is 275 g/mol. The molecule has 1 aromatic carbocycles. The maximum Gasteiger partial charge on any atom is 0.241 e. The van der Waals surface area contributed by atoms with Crippen molar-refractivity contribution in [3.05, 3.63) is 23.5 Å². The van der Waals surface area contributed by atoms with Crippen LogP contribution in [0.4, 0.5) is 10.1 Å². The lowest BCUT2D eigenvalue weighted by Gasteiger charge is -2.21. The molecule has 1 atom stereocenters. The molecule has 1 rings (SSSR count). The minimum absolute atomic E-state index is 0.0163. The quantitative estimate of drug-likeness (QED) is 0.558. The van der Waals surface area contributed by atoms with Crippen LogP contribution in [0.3, 0.4) is 0 Å². The molecule has 0 radical (unpaired) electrons. The van der Waals surface area contributed by atoms with Crippen LogP contribution in [0, 0.1) is 12.7 Å². The fraction of sp³-hybridized carbons (Fsp3) is 0.455. The number of hydrogen-bond donors (Lipinski definition) is 4. The van der Waals surface area contributed by atoms with Crippen LogP contribution >= 0.6 is 0 Å². The van der Waals surface area contributed by atoms with Gasteiger partial charge in [-0.05, 0) is 26.0 Å². The van der Waals surface area contributed by atoms with Crippen LogP contribution in [0.15, 0.2) is 17.0 Å². The Labute approximate surface area is 111 Å². The predicted octanol–water partition coefficient (Wildman–Crippen LogP) is -0.262. The van der Waals surface area contributed by atoms with E-state index in [1.54, 1.807) is 0 Å². The second-order valence-corrected chi connectivity index (χ2v) is 6.34. The second kappa shape index (κ2) is 5.41. The van der Waals surface area contributed by atoms with Gasteiger partial charge in [-0.2, -0.15) is 0 Å². The third-order valence-electron chi connectivity index (χ3n) is 2.59. The van der Waals surface area contributed by atoms with Gasteiger partial charge in [0.1, 0.15) is 5.82 Å². The zero-order valence-electron chi connectivity index (χ0n) is 10.6. The highest BCUT2D eigenvalue weighted by Gasteiger charge is 2.25. The molecule has 0 bridgehead atoms. The summed E-state index contributed by atoms with van der Waals surface area (Å²) in [6.07, 6.45) is 0. The van der Waals surface area contributed by atoms with Crippen molar-refractivity contribution in [3.8, 4) is 0 Å². The molecule has 0 aliphatic carbocycles. The van der Waals surface area contributed by atoms with Crippen molar-refractivity contribution in [1.29, 1.82) is 0 Å². The lowest BCUT2D eigenvalue weighted by Crippen LogP contribution is -2.43. The fourth-order valence-corrected chi connectivity index (χ4v) is 2.79. The molecule has 108 valence electrons. The molecule has 1 aromatic rings. The molecule has 0 saturated carbocycles. The summed E-state index contributed by atoms with van der Waals surface area (Å²) in [6.45, 7) is 1.57. The Morgan fingerprint density at radius 1 is 1.47 bits per heavy atom. The summed E-state index contributed by atoms with van der Waals surface area (Å²) in [5.74, 6) is -0.728. The highest BCUT2D eigenvalue weighted by atomic mass is 32.2. The first-order valence-corrected chi connectivity index (χ1v) is 6.96. The first-order chi connectivity index (χ1) is 8.59. The number of benzene rings is 1. The number of rotatable bonds is 5. The minimum Gasteiger partial charge on any atom is -0.399 e. The highest BCUT2D eigenvalue weighted by molar-refractivity contribution is 7.89. The normalized spacial score (nSPS) is 15.2. The van der Waals surface area contributed by atoms with Gasteiger partial charge in [-0.15, -0.1) is 0 Å². The largest absolute Gasteiger partial charge is 0.399 e. The molecule has 6 nitrogen and oxygen atoms in total. The Bertz CT molecular complexity index is 572. The predicted molar refractivity (Wildman–Crippen MR) is 68.4 cm³/mol. The van der Waals surface area contributed by atoms with Crippen LogP contribution in [0.1, 0.15) is 12.5 Å². The number of hydrogen-bond acceptors (Lipinski definition) is 5. The molecule has 0 aliphatic rings. The number of nitrogens with two attached hydrogens (primary N) is 1. The average molecular weight is 292 g/mol. The van der Waals surface area contributed by atoms with Crippen LogP contribution in [-0.4, -0.2) is 37.4 Å². The molecule has 0 saturated heterocycles. The topological polar surface area (TPSA) is 113 Å². The van der Waals surface area contributed by atoms with Gasteiger partial charge in [-0.3, -0.25) is 0 Å². The number of nitrogens with one attached hydrogen (secondary N) is 1. The zero-order valence-corrected chi connectivity index (χ0v) is 11.5. The van der Waals surface area contributed by atoms with E-state index in [0.717, 1.165) is 12.1 Å². The first-order valence-electron chi connectivity index (χ1n) is 5.47. The summed E-state index contributed by atoms with van der Waals surface area (Å²) in [5, 5.41) is 18.4. The van der Waals surface area contributed by atoms with Crippen molar-refractivity contribution in [2.75, 3.05) is 18.9 Å². The molecule has 0 aliphatic heterocycles. The van der Waals surface area contributed by atoms with E-state index in [0.29, 0.717) is 0 Å². The Balaban J connectivity index is 3.08. The van der Waals surface area contributed by atoms with E-state index in [-0.39, 0.29) is 16.1 Å². The van der Waals surface area contributed by atoms with E-state index in [1.807, 2.05) is 0 Å². The standard InChI is InChI=1S/C11H17FN2O4S/c1-7-9(12)3-8(13)4-10(7)19(17,18)14-5-11(2,16)6-15/h3-4,14-16H,5-6,13H2,1-2H3. The number of halogens is 1. The van der Waals surface area contributed by atoms with E-state index in [2.05, 4.69) is 4.72 Å². The van der Waals surface area contributed by atoms with E-state index < -0.39 is 34.6 Å². The number of sulfonamides is 1. The number of aliphatic hydroxyl groups is 2. The maximum absolute atomic E-state index is 13.4. The summed E-state index contributed by atoms with van der Waals surface area (Å²) in [7, 11) is -4.02. The Morgan fingerprint density at radius 3 is 2.58 bits per heavy atom. The number of nitrogen functional groups attached to an aromatic ring is 1. The van der Waals surface area contributed by atoms with Gasteiger partial charge in [0.2, 0.25) is 10.0 Å². The SMILES string of the molecule is Cc1c(F)cc(N)cc1S(=O)(=O)NCC(C)(O)CO. The fourth-order valence-electron chi connectivity index (χ4n) is 1.34. The number of aliphatic hydroxyl groups excluding tert-OH is 1. The Hall–Kier alpha value is -1.22. The molecular formula is C11H17FN2O4S. The molecule has 0 heterocycles. The van der Waals surface area contributed by atoms with Crippen LogP contribution < -0.4 is 10.5 Å². The van der Waals surface area contributed by atoms with Crippen LogP contribution in [-0.2, 0) is 10.0 Å². The first kappa shape index (κ1) is 15.8. The van der Waals surface area contributed by atoms with Gasteiger partial charge in [0, 0.05) is 17.8 Å². The summed E-state index contributed by atoms with van der Waals surface area (Å²) in [4.78, 5) is -0.293. The van der Waals surface area contributed by atoms with E-state index in [9.17, 15) is 17.9 Å². The molecule has 0 spiro atoms. The smallest absolute Gasteiger partial charge is 0.241 e. The van der Waals surface area contributed by atoms with Crippen molar-refractivity contribution in [2.24, 2.45) is 0 Å². The molecule has 0 fully saturated rings. The van der Waals surface area contributed by atoms with Crippen molar-refractivity contribution >= 4 is 15.7 Å². The van der Waals surface area contributed by atoms with E-state index in [1.165, 1.54) is 13.8 Å². The van der Waals surface area contributed by atoms with Crippen LogP contribution in [0.2, 0.25) is 0 Å². The van der Waals surface area contributed by atoms with Gasteiger partial charge in [0.05, 0.1) is 17.1 Å². The van der Waals surface area contributed by atoms with Gasteiger partial charge >= 0.3 is 0 Å². The van der Waals surface area contributed by atoms with Gasteiger partial charge < -0.3 is 15.9 Å². The van der Waals surface area contributed by atoms with Gasteiger partial charge in [-0.1, -0.05) is 0 Å². The van der Waals surface area contributed by atoms with E-state index in [4.69, 9.17) is 10.8 Å². The van der Waals surface area contributed by atoms with Gasteiger partial charge in [0.15, 0.2) is 0 Å². The summed E-state index contributed by atoms with van der Waals surface area (Å²) < 4.78 is 39.5. The molecule has 19 heavy (non-hydrogen) atoms. The lowest BCUT2D eigenvalue weighted by atomic mass is 10.1. The molecule has 0 aromatic heterocycles.